The van der Waals surface area contributed by atoms with Crippen LogP contribution in [0.5, 0.6) is 5.75 Å². The molecule has 3 heterocycles. The topological polar surface area (TPSA) is 120 Å². The minimum atomic E-state index is -1.09. The molecular weight excluding hydrogens is 406 g/mol. The summed E-state index contributed by atoms with van der Waals surface area (Å²) in [5.41, 5.74) is 2.16. The molecule has 0 spiro atoms. The van der Waals surface area contributed by atoms with E-state index < -0.39 is 30.2 Å². The van der Waals surface area contributed by atoms with Crippen LogP contribution in [0.15, 0.2) is 36.5 Å². The van der Waals surface area contributed by atoms with Gasteiger partial charge >= 0.3 is 18.0 Å². The van der Waals surface area contributed by atoms with Crippen LogP contribution in [0.1, 0.15) is 12.8 Å². The van der Waals surface area contributed by atoms with E-state index in [0.717, 1.165) is 11.1 Å². The number of cyclic esters (lactones) is 1. The van der Waals surface area contributed by atoms with Crippen molar-refractivity contribution in [1.29, 1.82) is 0 Å². The Labute approximate surface area is 176 Å². The maximum Gasteiger partial charge on any atom is 0.415 e. The van der Waals surface area contributed by atoms with Gasteiger partial charge in [-0.05, 0) is 23.8 Å². The standard InChI is InChI=1S/C21H17N3O7/c1-22-18-5-3-13(9-23-18)12-2-4-14-16(8-12)29-10-15-17(31-21(28)24(14)15)11-30-20(27)7-6-19(25)26/h2-5,8-9,15,17H,6-7,10-11H2,(H,25,26)/t15-,17-/m0/s1. The molecule has 2 aliphatic heterocycles. The second kappa shape index (κ2) is 8.31. The number of fused-ring (bicyclic) bond motifs is 3. The first-order chi connectivity index (χ1) is 15.0. The summed E-state index contributed by atoms with van der Waals surface area (Å²) in [6, 6.07) is 8.27. The Kier molecular flexibility index (Phi) is 5.41. The molecule has 10 nitrogen and oxygen atoms in total. The van der Waals surface area contributed by atoms with Gasteiger partial charge in [-0.25, -0.2) is 4.79 Å². The second-order valence-corrected chi connectivity index (χ2v) is 6.95. The summed E-state index contributed by atoms with van der Waals surface area (Å²) in [6.07, 6.45) is -0.276. The zero-order valence-corrected chi connectivity index (χ0v) is 16.2. The number of aliphatic carboxylic acids is 1. The number of ether oxygens (including phenoxy) is 3. The molecule has 0 radical (unpaired) electrons. The quantitative estimate of drug-likeness (QED) is 0.556. The molecule has 2 aliphatic rings. The SMILES string of the molecule is [C-]#[N+]c1ccc(-c2ccc3c(c2)OC[C@H]2[C@H](COC(=O)CCC(=O)O)OC(=O)N32)cn1. The van der Waals surface area contributed by atoms with E-state index in [0.29, 0.717) is 17.3 Å². The maximum absolute atomic E-state index is 12.5. The first-order valence-electron chi connectivity index (χ1n) is 9.44. The van der Waals surface area contributed by atoms with Crippen molar-refractivity contribution in [3.8, 4) is 16.9 Å². The molecule has 1 aromatic heterocycles. The minimum absolute atomic E-state index is 0.147. The van der Waals surface area contributed by atoms with Crippen LogP contribution in [0.3, 0.4) is 0 Å². The predicted octanol–water partition coefficient (Wildman–Crippen LogP) is 2.79. The Morgan fingerprint density at radius 1 is 1.26 bits per heavy atom. The van der Waals surface area contributed by atoms with E-state index >= 15 is 0 Å². The van der Waals surface area contributed by atoms with Crippen LogP contribution in [-0.2, 0) is 19.1 Å². The summed E-state index contributed by atoms with van der Waals surface area (Å²) < 4.78 is 16.3. The average Bonchev–Trinajstić information content (AvgIpc) is 3.11. The van der Waals surface area contributed by atoms with Crippen molar-refractivity contribution in [1.82, 2.24) is 4.98 Å². The van der Waals surface area contributed by atoms with Crippen molar-refractivity contribution in [2.45, 2.75) is 25.0 Å². The summed E-state index contributed by atoms with van der Waals surface area (Å²) in [7, 11) is 0. The summed E-state index contributed by atoms with van der Waals surface area (Å²) in [5.74, 6) is -0.962. The third kappa shape index (κ3) is 4.11. The fraction of sp³-hybridized carbons (Fsp3) is 0.286. The molecule has 158 valence electrons. The average molecular weight is 423 g/mol. The number of amides is 1. The van der Waals surface area contributed by atoms with Gasteiger partial charge in [-0.3, -0.25) is 14.5 Å². The molecule has 2 aromatic rings. The zero-order valence-electron chi connectivity index (χ0n) is 16.2. The van der Waals surface area contributed by atoms with E-state index in [1.807, 2.05) is 6.07 Å². The van der Waals surface area contributed by atoms with Crippen molar-refractivity contribution in [3.05, 3.63) is 47.9 Å². The Balaban J connectivity index is 1.47. The Morgan fingerprint density at radius 3 is 2.77 bits per heavy atom. The van der Waals surface area contributed by atoms with Crippen LogP contribution in [0.4, 0.5) is 16.3 Å². The number of carboxylic acids is 1. The number of anilines is 1. The molecule has 0 unspecified atom stereocenters. The van der Waals surface area contributed by atoms with E-state index in [2.05, 4.69) is 9.83 Å². The lowest BCUT2D eigenvalue weighted by molar-refractivity contribution is -0.149. The van der Waals surface area contributed by atoms with Crippen LogP contribution < -0.4 is 9.64 Å². The molecule has 0 bridgehead atoms. The molecule has 31 heavy (non-hydrogen) atoms. The highest BCUT2D eigenvalue weighted by Crippen LogP contribution is 2.41. The summed E-state index contributed by atoms with van der Waals surface area (Å²) in [5, 5.41) is 8.62. The van der Waals surface area contributed by atoms with Crippen molar-refractivity contribution < 1.29 is 33.7 Å². The molecule has 4 rings (SSSR count). The molecule has 1 N–H and O–H groups in total. The van der Waals surface area contributed by atoms with Gasteiger partial charge in [0.05, 0.1) is 18.5 Å². The van der Waals surface area contributed by atoms with Crippen LogP contribution in [0.2, 0.25) is 0 Å². The smallest absolute Gasteiger partial charge is 0.415 e. The number of carbonyl (C=O) groups excluding carboxylic acids is 2. The Morgan fingerprint density at radius 2 is 2.06 bits per heavy atom. The molecule has 0 aliphatic carbocycles. The maximum atomic E-state index is 12.5. The van der Waals surface area contributed by atoms with Gasteiger partial charge in [0, 0.05) is 5.56 Å². The number of hydrogen-bond acceptors (Lipinski definition) is 7. The molecule has 0 saturated carbocycles. The first-order valence-corrected chi connectivity index (χ1v) is 9.44. The van der Waals surface area contributed by atoms with E-state index in [1.54, 1.807) is 30.5 Å². The first kappa shape index (κ1) is 20.2. The number of carboxylic acid groups (broad SMARTS) is 1. The molecular formula is C21H17N3O7. The van der Waals surface area contributed by atoms with E-state index in [9.17, 15) is 14.4 Å². The van der Waals surface area contributed by atoms with Crippen molar-refractivity contribution in [2.75, 3.05) is 18.1 Å². The molecule has 2 atom stereocenters. The molecule has 1 aromatic carbocycles. The van der Waals surface area contributed by atoms with Gasteiger partial charge in [0.2, 0.25) is 0 Å². The highest BCUT2D eigenvalue weighted by molar-refractivity contribution is 5.94. The molecule has 1 amide bonds. The van der Waals surface area contributed by atoms with Crippen LogP contribution in [0, 0.1) is 6.57 Å². The van der Waals surface area contributed by atoms with Gasteiger partial charge in [0.1, 0.15) is 31.2 Å². The number of pyridine rings is 1. The Bertz CT molecular complexity index is 1080. The second-order valence-electron chi connectivity index (χ2n) is 6.95. The third-order valence-corrected chi connectivity index (χ3v) is 4.99. The van der Waals surface area contributed by atoms with Gasteiger partial charge in [-0.1, -0.05) is 18.7 Å². The van der Waals surface area contributed by atoms with Crippen molar-refractivity contribution in [2.24, 2.45) is 0 Å². The van der Waals surface area contributed by atoms with Gasteiger partial charge in [0.15, 0.2) is 6.10 Å². The predicted molar refractivity (Wildman–Crippen MR) is 106 cm³/mol. The van der Waals surface area contributed by atoms with Crippen LogP contribution in [-0.4, -0.2) is 53.5 Å². The fourth-order valence-corrected chi connectivity index (χ4v) is 3.43. The van der Waals surface area contributed by atoms with Gasteiger partial charge < -0.3 is 24.2 Å². The van der Waals surface area contributed by atoms with Crippen molar-refractivity contribution >= 4 is 29.5 Å². The Hall–Kier alpha value is -4.13. The number of nitrogens with zero attached hydrogens (tertiary/aromatic N) is 3. The zero-order chi connectivity index (χ0) is 22.0. The summed E-state index contributed by atoms with van der Waals surface area (Å²) in [4.78, 5) is 43.5. The number of hydrogen-bond donors (Lipinski definition) is 1. The molecule has 1 saturated heterocycles. The number of benzene rings is 1. The number of rotatable bonds is 6. The highest BCUT2D eigenvalue weighted by atomic mass is 16.6. The van der Waals surface area contributed by atoms with Gasteiger partial charge in [-0.15, -0.1) is 4.98 Å². The normalized spacial score (nSPS) is 18.8. The van der Waals surface area contributed by atoms with Crippen LogP contribution in [0.25, 0.3) is 16.0 Å². The number of esters is 1. The van der Waals surface area contributed by atoms with E-state index in [1.165, 1.54) is 4.90 Å². The summed E-state index contributed by atoms with van der Waals surface area (Å²) in [6.45, 7) is 6.95. The van der Waals surface area contributed by atoms with Crippen molar-refractivity contribution in [3.63, 3.8) is 0 Å². The summed E-state index contributed by atoms with van der Waals surface area (Å²) >= 11 is 0. The number of carbonyl (C=O) groups is 3. The number of aromatic nitrogens is 1. The van der Waals surface area contributed by atoms with E-state index in [4.69, 9.17) is 25.9 Å². The van der Waals surface area contributed by atoms with Gasteiger partial charge in [0.25, 0.3) is 5.82 Å². The lowest BCUT2D eigenvalue weighted by atomic mass is 10.0. The molecule has 10 heteroatoms. The largest absolute Gasteiger partial charge is 0.489 e. The third-order valence-electron chi connectivity index (χ3n) is 4.99. The fourth-order valence-electron chi connectivity index (χ4n) is 3.43. The lowest BCUT2D eigenvalue weighted by Gasteiger charge is -2.31. The highest BCUT2D eigenvalue weighted by Gasteiger charge is 2.47. The monoisotopic (exact) mass is 423 g/mol. The minimum Gasteiger partial charge on any atom is -0.489 e. The van der Waals surface area contributed by atoms with E-state index in [-0.39, 0.29) is 26.1 Å². The van der Waals surface area contributed by atoms with Gasteiger partial charge in [-0.2, -0.15) is 0 Å². The lowest BCUT2D eigenvalue weighted by Crippen LogP contribution is -2.45. The van der Waals surface area contributed by atoms with Crippen LogP contribution >= 0.6 is 0 Å². The molecule has 1 fully saturated rings.